The molecule has 0 spiro atoms. The first kappa shape index (κ1) is 14.8. The van der Waals surface area contributed by atoms with Crippen molar-refractivity contribution < 1.29 is 9.90 Å². The molecule has 0 aromatic heterocycles. The molecule has 1 unspecified atom stereocenters. The van der Waals surface area contributed by atoms with Crippen LogP contribution in [0.3, 0.4) is 0 Å². The molecule has 0 radical (unpaired) electrons. The maximum Gasteiger partial charge on any atom is 0.248 e. The van der Waals surface area contributed by atoms with Crippen LogP contribution < -0.4 is 5.32 Å². The molecule has 1 fully saturated rings. The highest BCUT2D eigenvalue weighted by atomic mass is 16.3. The zero-order valence-electron chi connectivity index (χ0n) is 11.9. The SMILES string of the molecule is C=C(CN1CCC(C)(O)C1)C(=O)NCc1ccccc1. The first-order chi connectivity index (χ1) is 9.46. The van der Waals surface area contributed by atoms with Crippen LogP contribution in [-0.4, -0.2) is 41.1 Å². The molecule has 0 aliphatic carbocycles. The molecule has 2 rings (SSSR count). The number of hydrogen-bond acceptors (Lipinski definition) is 3. The van der Waals surface area contributed by atoms with E-state index < -0.39 is 5.60 Å². The molecular weight excluding hydrogens is 252 g/mol. The Labute approximate surface area is 120 Å². The standard InChI is InChI=1S/C16H22N2O2/c1-13(11-18-9-8-16(2,20)12-18)15(19)17-10-14-6-4-3-5-7-14/h3-7,20H,1,8-12H2,2H3,(H,17,19). The third kappa shape index (κ3) is 4.18. The van der Waals surface area contributed by atoms with Gasteiger partial charge in [0, 0.05) is 31.8 Å². The Hall–Kier alpha value is -1.65. The number of nitrogens with one attached hydrogen (secondary N) is 1. The smallest absolute Gasteiger partial charge is 0.248 e. The zero-order chi connectivity index (χ0) is 14.6. The summed E-state index contributed by atoms with van der Waals surface area (Å²) in [5.41, 5.74) is 0.970. The van der Waals surface area contributed by atoms with Crippen molar-refractivity contribution in [2.24, 2.45) is 0 Å². The van der Waals surface area contributed by atoms with E-state index in [2.05, 4.69) is 16.8 Å². The average molecular weight is 274 g/mol. The van der Waals surface area contributed by atoms with Gasteiger partial charge in [0.1, 0.15) is 0 Å². The second-order valence-electron chi connectivity index (χ2n) is 5.73. The molecule has 1 amide bonds. The monoisotopic (exact) mass is 274 g/mol. The van der Waals surface area contributed by atoms with Crippen LogP contribution in [0.25, 0.3) is 0 Å². The predicted molar refractivity (Wildman–Crippen MR) is 79.1 cm³/mol. The van der Waals surface area contributed by atoms with E-state index in [-0.39, 0.29) is 5.91 Å². The number of aliphatic hydroxyl groups is 1. The third-order valence-electron chi connectivity index (χ3n) is 3.56. The van der Waals surface area contributed by atoms with Crippen LogP contribution in [-0.2, 0) is 11.3 Å². The number of carbonyl (C=O) groups excluding carboxylic acids is 1. The summed E-state index contributed by atoms with van der Waals surface area (Å²) in [6, 6.07) is 9.79. The number of likely N-dealkylation sites (tertiary alicyclic amines) is 1. The van der Waals surface area contributed by atoms with Gasteiger partial charge in [-0.2, -0.15) is 0 Å². The van der Waals surface area contributed by atoms with E-state index in [1.807, 2.05) is 37.3 Å². The second-order valence-corrected chi connectivity index (χ2v) is 5.73. The summed E-state index contributed by atoms with van der Waals surface area (Å²) in [6.07, 6.45) is 0.742. The Bertz CT molecular complexity index is 483. The maximum absolute atomic E-state index is 12.0. The van der Waals surface area contributed by atoms with Crippen molar-refractivity contribution >= 4 is 5.91 Å². The number of amides is 1. The lowest BCUT2D eigenvalue weighted by atomic mass is 10.1. The molecule has 2 N–H and O–H groups in total. The van der Waals surface area contributed by atoms with E-state index in [1.165, 1.54) is 0 Å². The molecule has 20 heavy (non-hydrogen) atoms. The van der Waals surface area contributed by atoms with E-state index in [0.29, 0.717) is 25.2 Å². The van der Waals surface area contributed by atoms with E-state index in [1.54, 1.807) is 0 Å². The number of benzene rings is 1. The van der Waals surface area contributed by atoms with Gasteiger partial charge >= 0.3 is 0 Å². The van der Waals surface area contributed by atoms with Gasteiger partial charge in [-0.25, -0.2) is 0 Å². The molecule has 1 saturated heterocycles. The van der Waals surface area contributed by atoms with Crippen molar-refractivity contribution in [1.82, 2.24) is 10.2 Å². The summed E-state index contributed by atoms with van der Waals surface area (Å²) in [7, 11) is 0. The molecular formula is C16H22N2O2. The fraction of sp³-hybridized carbons (Fsp3) is 0.438. The Kier molecular flexibility index (Phi) is 4.57. The highest BCUT2D eigenvalue weighted by Crippen LogP contribution is 2.20. The highest BCUT2D eigenvalue weighted by molar-refractivity contribution is 5.93. The lowest BCUT2D eigenvalue weighted by Crippen LogP contribution is -2.34. The topological polar surface area (TPSA) is 52.6 Å². The third-order valence-corrected chi connectivity index (χ3v) is 3.56. The van der Waals surface area contributed by atoms with Crippen LogP contribution >= 0.6 is 0 Å². The molecule has 1 aromatic rings. The molecule has 1 aromatic carbocycles. The van der Waals surface area contributed by atoms with Crippen LogP contribution in [0, 0.1) is 0 Å². The number of nitrogens with zero attached hydrogens (tertiary/aromatic N) is 1. The summed E-state index contributed by atoms with van der Waals surface area (Å²) in [5.74, 6) is -0.125. The van der Waals surface area contributed by atoms with E-state index in [4.69, 9.17) is 0 Å². The van der Waals surface area contributed by atoms with Gasteiger partial charge in [-0.3, -0.25) is 9.69 Å². The van der Waals surface area contributed by atoms with Gasteiger partial charge in [-0.05, 0) is 18.9 Å². The molecule has 1 atom stereocenters. The normalized spacial score (nSPS) is 22.7. The summed E-state index contributed by atoms with van der Waals surface area (Å²) in [6.45, 7) is 8.09. The van der Waals surface area contributed by atoms with E-state index >= 15 is 0 Å². The minimum Gasteiger partial charge on any atom is -0.389 e. The predicted octanol–water partition coefficient (Wildman–Crippen LogP) is 1.32. The fourth-order valence-corrected chi connectivity index (χ4v) is 2.42. The largest absolute Gasteiger partial charge is 0.389 e. The maximum atomic E-state index is 12.0. The van der Waals surface area contributed by atoms with Gasteiger partial charge in [0.05, 0.1) is 5.60 Å². The summed E-state index contributed by atoms with van der Waals surface area (Å²) < 4.78 is 0. The van der Waals surface area contributed by atoms with Crippen molar-refractivity contribution in [3.63, 3.8) is 0 Å². The van der Waals surface area contributed by atoms with Gasteiger partial charge in [-0.15, -0.1) is 0 Å². The van der Waals surface area contributed by atoms with Crippen molar-refractivity contribution in [3.8, 4) is 0 Å². The highest BCUT2D eigenvalue weighted by Gasteiger charge is 2.31. The molecule has 0 saturated carbocycles. The summed E-state index contributed by atoms with van der Waals surface area (Å²) >= 11 is 0. The lowest BCUT2D eigenvalue weighted by Gasteiger charge is -2.19. The fourth-order valence-electron chi connectivity index (χ4n) is 2.42. The lowest BCUT2D eigenvalue weighted by molar-refractivity contribution is -0.117. The van der Waals surface area contributed by atoms with Gasteiger partial charge < -0.3 is 10.4 Å². The van der Waals surface area contributed by atoms with Crippen molar-refractivity contribution in [2.45, 2.75) is 25.5 Å². The van der Waals surface area contributed by atoms with Crippen LogP contribution in [0.1, 0.15) is 18.9 Å². The number of β-amino-alcohol motifs (C(OH)–C–C–N with tert-alkyl or cyclic N) is 1. The van der Waals surface area contributed by atoms with Gasteiger partial charge in [0.2, 0.25) is 5.91 Å². The van der Waals surface area contributed by atoms with E-state index in [0.717, 1.165) is 18.5 Å². The van der Waals surface area contributed by atoms with Crippen molar-refractivity contribution in [1.29, 1.82) is 0 Å². The second kappa shape index (κ2) is 6.20. The molecule has 1 aliphatic rings. The molecule has 4 nitrogen and oxygen atoms in total. The van der Waals surface area contributed by atoms with Crippen molar-refractivity contribution in [2.75, 3.05) is 19.6 Å². The minimum absolute atomic E-state index is 0.125. The zero-order valence-corrected chi connectivity index (χ0v) is 11.9. The minimum atomic E-state index is -0.638. The Morgan fingerprint density at radius 2 is 2.15 bits per heavy atom. The Morgan fingerprint density at radius 1 is 1.45 bits per heavy atom. The van der Waals surface area contributed by atoms with Crippen LogP contribution in [0.5, 0.6) is 0 Å². The first-order valence-corrected chi connectivity index (χ1v) is 6.91. The van der Waals surface area contributed by atoms with Crippen molar-refractivity contribution in [3.05, 3.63) is 48.0 Å². The molecule has 4 heteroatoms. The Morgan fingerprint density at radius 3 is 2.75 bits per heavy atom. The molecule has 1 heterocycles. The average Bonchev–Trinajstić information content (AvgIpc) is 2.76. The molecule has 108 valence electrons. The van der Waals surface area contributed by atoms with Gasteiger partial charge in [-0.1, -0.05) is 36.9 Å². The number of hydrogen-bond donors (Lipinski definition) is 2. The summed E-state index contributed by atoms with van der Waals surface area (Å²) in [5, 5.41) is 12.8. The van der Waals surface area contributed by atoms with Crippen LogP contribution in [0.4, 0.5) is 0 Å². The van der Waals surface area contributed by atoms with Gasteiger partial charge in [0.15, 0.2) is 0 Å². The number of rotatable bonds is 5. The Balaban J connectivity index is 1.77. The summed E-state index contributed by atoms with van der Waals surface area (Å²) in [4.78, 5) is 14.0. The van der Waals surface area contributed by atoms with Gasteiger partial charge in [0.25, 0.3) is 0 Å². The first-order valence-electron chi connectivity index (χ1n) is 6.91. The van der Waals surface area contributed by atoms with E-state index in [9.17, 15) is 9.90 Å². The molecule has 1 aliphatic heterocycles. The quantitative estimate of drug-likeness (QED) is 0.796. The van der Waals surface area contributed by atoms with Crippen LogP contribution in [0.15, 0.2) is 42.5 Å². The number of carbonyl (C=O) groups is 1. The van der Waals surface area contributed by atoms with Crippen LogP contribution in [0.2, 0.25) is 0 Å². The molecule has 0 bridgehead atoms.